The number of hydrogen-bond acceptors (Lipinski definition) is 2. The number of hydrogen-bond donors (Lipinski definition) is 0. The van der Waals surface area contributed by atoms with Crippen molar-refractivity contribution in [3.8, 4) is 0 Å². The van der Waals surface area contributed by atoms with Crippen LogP contribution in [0.1, 0.15) is 49.1 Å². The Labute approximate surface area is 155 Å². The summed E-state index contributed by atoms with van der Waals surface area (Å²) in [5.74, 6) is 1.40. The first-order chi connectivity index (χ1) is 12.3. The average Bonchev–Trinajstić information content (AvgIpc) is 3.11. The Morgan fingerprint density at radius 3 is 2.52 bits per heavy atom. The van der Waals surface area contributed by atoms with Gasteiger partial charge in [0.1, 0.15) is 0 Å². The second-order valence-electron chi connectivity index (χ2n) is 7.40. The SMILES string of the molecule is CC(CCN1CCC(c2csc3ccccc23)CC1)c1ccccc1. The Morgan fingerprint density at radius 2 is 1.72 bits per heavy atom. The fourth-order valence-electron chi connectivity index (χ4n) is 4.11. The molecule has 0 spiro atoms. The molecule has 0 aliphatic carbocycles. The number of likely N-dealkylation sites (tertiary alicyclic amines) is 1. The molecule has 130 valence electrons. The van der Waals surface area contributed by atoms with Crippen LogP contribution >= 0.6 is 11.3 Å². The van der Waals surface area contributed by atoms with Gasteiger partial charge in [0.25, 0.3) is 0 Å². The molecule has 2 heteroatoms. The summed E-state index contributed by atoms with van der Waals surface area (Å²) in [4.78, 5) is 2.67. The molecule has 1 unspecified atom stereocenters. The highest BCUT2D eigenvalue weighted by Gasteiger charge is 2.22. The molecule has 1 aromatic heterocycles. The van der Waals surface area contributed by atoms with Gasteiger partial charge >= 0.3 is 0 Å². The van der Waals surface area contributed by atoms with Crippen molar-refractivity contribution in [1.29, 1.82) is 0 Å². The maximum absolute atomic E-state index is 2.67. The van der Waals surface area contributed by atoms with Crippen molar-refractivity contribution < 1.29 is 0 Å². The summed E-state index contributed by atoms with van der Waals surface area (Å²) in [6, 6.07) is 19.8. The number of piperidine rings is 1. The molecule has 0 saturated carbocycles. The van der Waals surface area contributed by atoms with Crippen LogP contribution in [0.4, 0.5) is 0 Å². The Bertz CT molecular complexity index is 799. The molecule has 1 aliphatic rings. The van der Waals surface area contributed by atoms with Gasteiger partial charge in [-0.15, -0.1) is 11.3 Å². The van der Waals surface area contributed by atoms with E-state index in [1.807, 2.05) is 11.3 Å². The quantitative estimate of drug-likeness (QED) is 0.524. The molecule has 2 heterocycles. The minimum absolute atomic E-state index is 0.653. The lowest BCUT2D eigenvalue weighted by molar-refractivity contribution is 0.207. The van der Waals surface area contributed by atoms with Crippen LogP contribution in [0.5, 0.6) is 0 Å². The molecule has 0 bridgehead atoms. The number of fused-ring (bicyclic) bond motifs is 1. The Balaban J connectivity index is 1.31. The molecule has 1 atom stereocenters. The standard InChI is InChI=1S/C23H27NS/c1-18(19-7-3-2-4-8-19)11-14-24-15-12-20(13-16-24)22-17-25-23-10-6-5-9-21(22)23/h2-10,17-18,20H,11-16H2,1H3. The zero-order valence-corrected chi connectivity index (χ0v) is 15.8. The topological polar surface area (TPSA) is 3.24 Å². The van der Waals surface area contributed by atoms with Crippen molar-refractivity contribution in [2.75, 3.05) is 19.6 Å². The van der Waals surface area contributed by atoms with Crippen LogP contribution in [0, 0.1) is 0 Å². The zero-order chi connectivity index (χ0) is 17.1. The van der Waals surface area contributed by atoms with Crippen LogP contribution in [0.15, 0.2) is 60.0 Å². The van der Waals surface area contributed by atoms with Crippen molar-refractivity contribution >= 4 is 21.4 Å². The highest BCUT2D eigenvalue weighted by atomic mass is 32.1. The lowest BCUT2D eigenvalue weighted by Crippen LogP contribution is -2.34. The van der Waals surface area contributed by atoms with Crippen molar-refractivity contribution in [2.24, 2.45) is 0 Å². The van der Waals surface area contributed by atoms with E-state index in [9.17, 15) is 0 Å². The molecule has 1 aliphatic heterocycles. The first-order valence-electron chi connectivity index (χ1n) is 9.54. The summed E-state index contributed by atoms with van der Waals surface area (Å²) in [6.07, 6.45) is 3.87. The van der Waals surface area contributed by atoms with Crippen LogP contribution in [0.25, 0.3) is 10.1 Å². The molecule has 0 N–H and O–H groups in total. The summed E-state index contributed by atoms with van der Waals surface area (Å²) in [5, 5.41) is 3.89. The predicted octanol–water partition coefficient (Wildman–Crippen LogP) is 6.27. The normalized spacial score (nSPS) is 17.8. The molecule has 4 rings (SSSR count). The molecule has 1 saturated heterocycles. The van der Waals surface area contributed by atoms with Crippen LogP contribution < -0.4 is 0 Å². The molecule has 3 aromatic rings. The summed E-state index contributed by atoms with van der Waals surface area (Å²) >= 11 is 1.91. The van der Waals surface area contributed by atoms with Gasteiger partial charge in [0, 0.05) is 4.70 Å². The molecule has 0 radical (unpaired) electrons. The van der Waals surface area contributed by atoms with Gasteiger partial charge in [-0.1, -0.05) is 55.5 Å². The molecule has 0 amide bonds. The van der Waals surface area contributed by atoms with Crippen LogP contribution in [-0.2, 0) is 0 Å². The van der Waals surface area contributed by atoms with Crippen molar-refractivity contribution in [3.63, 3.8) is 0 Å². The average molecular weight is 350 g/mol. The van der Waals surface area contributed by atoms with Gasteiger partial charge in [-0.25, -0.2) is 0 Å². The Kier molecular flexibility index (Phi) is 5.19. The summed E-state index contributed by atoms with van der Waals surface area (Å²) < 4.78 is 1.44. The number of rotatable bonds is 5. The van der Waals surface area contributed by atoms with E-state index in [0.29, 0.717) is 5.92 Å². The van der Waals surface area contributed by atoms with Crippen LogP contribution in [-0.4, -0.2) is 24.5 Å². The zero-order valence-electron chi connectivity index (χ0n) is 15.0. The first kappa shape index (κ1) is 16.8. The minimum Gasteiger partial charge on any atom is -0.303 e. The number of thiophene rings is 1. The lowest BCUT2D eigenvalue weighted by atomic mass is 9.89. The molecular formula is C23H27NS. The summed E-state index contributed by atoms with van der Waals surface area (Å²) in [5.41, 5.74) is 3.07. The van der Waals surface area contributed by atoms with E-state index in [1.165, 1.54) is 54.5 Å². The monoisotopic (exact) mass is 349 g/mol. The van der Waals surface area contributed by atoms with E-state index < -0.39 is 0 Å². The third-order valence-corrected chi connectivity index (χ3v) is 6.77. The van der Waals surface area contributed by atoms with Crippen molar-refractivity contribution in [3.05, 3.63) is 71.1 Å². The predicted molar refractivity (Wildman–Crippen MR) is 110 cm³/mol. The largest absolute Gasteiger partial charge is 0.303 e. The van der Waals surface area contributed by atoms with Gasteiger partial charge in [-0.3, -0.25) is 0 Å². The van der Waals surface area contributed by atoms with Crippen molar-refractivity contribution in [1.82, 2.24) is 4.90 Å². The molecule has 2 aromatic carbocycles. The molecular weight excluding hydrogens is 322 g/mol. The summed E-state index contributed by atoms with van der Waals surface area (Å²) in [6.45, 7) is 6.08. The fourth-order valence-corrected chi connectivity index (χ4v) is 5.15. The maximum Gasteiger partial charge on any atom is 0.0345 e. The van der Waals surface area contributed by atoms with E-state index >= 15 is 0 Å². The maximum atomic E-state index is 2.67. The van der Waals surface area contributed by atoms with Crippen LogP contribution in [0.2, 0.25) is 0 Å². The second-order valence-corrected chi connectivity index (χ2v) is 8.31. The van der Waals surface area contributed by atoms with E-state index in [-0.39, 0.29) is 0 Å². The molecule has 1 nitrogen and oxygen atoms in total. The number of benzene rings is 2. The van der Waals surface area contributed by atoms with Gasteiger partial charge in [0.2, 0.25) is 0 Å². The fraction of sp³-hybridized carbons (Fsp3) is 0.391. The van der Waals surface area contributed by atoms with Gasteiger partial charge in [-0.05, 0) is 78.7 Å². The van der Waals surface area contributed by atoms with E-state index in [1.54, 1.807) is 5.56 Å². The van der Waals surface area contributed by atoms with Gasteiger partial charge < -0.3 is 4.90 Å². The van der Waals surface area contributed by atoms with Gasteiger partial charge in [-0.2, -0.15) is 0 Å². The van der Waals surface area contributed by atoms with E-state index in [2.05, 4.69) is 71.8 Å². The highest BCUT2D eigenvalue weighted by Crippen LogP contribution is 2.36. The minimum atomic E-state index is 0.653. The Morgan fingerprint density at radius 1 is 1.00 bits per heavy atom. The highest BCUT2D eigenvalue weighted by molar-refractivity contribution is 7.17. The third kappa shape index (κ3) is 3.80. The van der Waals surface area contributed by atoms with Crippen molar-refractivity contribution in [2.45, 2.75) is 38.0 Å². The molecule has 1 fully saturated rings. The first-order valence-corrected chi connectivity index (χ1v) is 10.4. The van der Waals surface area contributed by atoms with Crippen LogP contribution in [0.3, 0.4) is 0 Å². The van der Waals surface area contributed by atoms with Gasteiger partial charge in [0.15, 0.2) is 0 Å². The second kappa shape index (κ2) is 7.72. The van der Waals surface area contributed by atoms with Gasteiger partial charge in [0.05, 0.1) is 0 Å². The Hall–Kier alpha value is -1.64. The molecule has 25 heavy (non-hydrogen) atoms. The lowest BCUT2D eigenvalue weighted by Gasteiger charge is -2.32. The summed E-state index contributed by atoms with van der Waals surface area (Å²) in [7, 11) is 0. The third-order valence-electron chi connectivity index (χ3n) is 5.79. The van der Waals surface area contributed by atoms with E-state index in [0.717, 1.165) is 5.92 Å². The smallest absolute Gasteiger partial charge is 0.0345 e. The van der Waals surface area contributed by atoms with E-state index in [4.69, 9.17) is 0 Å². The number of nitrogens with zero attached hydrogens (tertiary/aromatic N) is 1.